The van der Waals surface area contributed by atoms with Gasteiger partial charge < -0.3 is 14.2 Å². The van der Waals surface area contributed by atoms with E-state index in [-0.39, 0.29) is 31.1 Å². The van der Waals surface area contributed by atoms with Gasteiger partial charge in [-0.3, -0.25) is 14.4 Å². The quantitative estimate of drug-likeness (QED) is 0.0261. The largest absolute Gasteiger partial charge is 0.462 e. The molecule has 0 saturated heterocycles. The molecular formula is C75H142O6. The standard InChI is InChI=1S/C75H142O6/c1-4-7-10-13-16-19-22-25-27-29-31-33-34-35-36-37-38-39-40-42-43-45-47-50-53-56-59-62-65-68-74(77)80-71-72(70-79-73(76)67-64-61-58-55-52-49-24-21-18-15-12-9-6-3)81-75(78)69-66-63-60-57-54-51-48-46-44-41-32-30-28-26-23-20-17-14-11-8-5-2/h23,26,30,32,72H,4-22,24-25,27-29,31,33-71H2,1-3H3/b26-23-,32-30-. The highest BCUT2D eigenvalue weighted by Crippen LogP contribution is 2.19. The van der Waals surface area contributed by atoms with Crippen LogP contribution in [0.1, 0.15) is 419 Å². The molecule has 0 aliphatic carbocycles. The van der Waals surface area contributed by atoms with Crippen LogP contribution in [0.2, 0.25) is 0 Å². The Morgan fingerprint density at radius 1 is 0.247 bits per heavy atom. The molecule has 0 fully saturated rings. The number of carbonyl (C=O) groups excluding carboxylic acids is 3. The lowest BCUT2D eigenvalue weighted by molar-refractivity contribution is -0.167. The van der Waals surface area contributed by atoms with Gasteiger partial charge in [0.2, 0.25) is 0 Å². The van der Waals surface area contributed by atoms with Crippen LogP contribution in [-0.2, 0) is 28.6 Å². The molecule has 0 aromatic heterocycles. The normalized spacial score (nSPS) is 12.1. The van der Waals surface area contributed by atoms with Crippen LogP contribution in [0, 0.1) is 0 Å². The molecule has 1 unspecified atom stereocenters. The summed E-state index contributed by atoms with van der Waals surface area (Å²) in [7, 11) is 0. The summed E-state index contributed by atoms with van der Waals surface area (Å²) in [5, 5.41) is 0. The Hall–Kier alpha value is -2.11. The lowest BCUT2D eigenvalue weighted by Crippen LogP contribution is -2.30. The lowest BCUT2D eigenvalue weighted by Gasteiger charge is -2.18. The van der Waals surface area contributed by atoms with Gasteiger partial charge in [-0.25, -0.2) is 0 Å². The van der Waals surface area contributed by atoms with E-state index in [1.54, 1.807) is 0 Å². The minimum Gasteiger partial charge on any atom is -0.462 e. The number of carbonyl (C=O) groups is 3. The number of hydrogen-bond donors (Lipinski definition) is 0. The smallest absolute Gasteiger partial charge is 0.306 e. The zero-order chi connectivity index (χ0) is 58.5. The first-order valence-electron chi connectivity index (χ1n) is 36.8. The van der Waals surface area contributed by atoms with Gasteiger partial charge in [0.05, 0.1) is 0 Å². The molecule has 0 saturated carbocycles. The third-order valence-electron chi connectivity index (χ3n) is 17.0. The molecule has 0 N–H and O–H groups in total. The summed E-state index contributed by atoms with van der Waals surface area (Å²) in [5.74, 6) is -0.837. The maximum absolute atomic E-state index is 13.0. The van der Waals surface area contributed by atoms with E-state index in [0.29, 0.717) is 19.3 Å². The van der Waals surface area contributed by atoms with E-state index in [9.17, 15) is 14.4 Å². The molecular weight excluding hydrogens is 997 g/mol. The van der Waals surface area contributed by atoms with Gasteiger partial charge in [0.1, 0.15) is 13.2 Å². The first kappa shape index (κ1) is 78.9. The fourth-order valence-electron chi connectivity index (χ4n) is 11.4. The molecule has 6 nitrogen and oxygen atoms in total. The van der Waals surface area contributed by atoms with Crippen molar-refractivity contribution in [1.82, 2.24) is 0 Å². The Labute approximate surface area is 506 Å². The van der Waals surface area contributed by atoms with Gasteiger partial charge >= 0.3 is 17.9 Å². The Morgan fingerprint density at radius 2 is 0.444 bits per heavy atom. The summed E-state index contributed by atoms with van der Waals surface area (Å²) in [5.41, 5.74) is 0. The van der Waals surface area contributed by atoms with E-state index in [1.165, 1.54) is 315 Å². The van der Waals surface area contributed by atoms with Crippen LogP contribution in [0.15, 0.2) is 24.3 Å². The fraction of sp³-hybridized carbons (Fsp3) is 0.907. The van der Waals surface area contributed by atoms with Crippen LogP contribution < -0.4 is 0 Å². The van der Waals surface area contributed by atoms with Crippen molar-refractivity contribution >= 4 is 17.9 Å². The highest BCUT2D eigenvalue weighted by molar-refractivity contribution is 5.71. The third kappa shape index (κ3) is 68.6. The number of unbranched alkanes of at least 4 members (excludes halogenated alkanes) is 54. The van der Waals surface area contributed by atoms with Crippen molar-refractivity contribution in [3.63, 3.8) is 0 Å². The second kappa shape index (κ2) is 70.4. The minimum atomic E-state index is -0.771. The highest BCUT2D eigenvalue weighted by atomic mass is 16.6. The summed E-state index contributed by atoms with van der Waals surface area (Å²) in [6, 6.07) is 0. The topological polar surface area (TPSA) is 78.9 Å². The SMILES string of the molecule is CCCCCCC/C=C\C/C=C\CCCCCCCCCCCC(=O)OC(COC(=O)CCCCCCCCCCCCCCC)COC(=O)CCCCCCCCCCCCCCCCCCCCCCCCCCCCCCC. The van der Waals surface area contributed by atoms with Gasteiger partial charge in [-0.1, -0.05) is 373 Å². The first-order chi connectivity index (χ1) is 40.0. The number of rotatable bonds is 69. The molecule has 0 heterocycles. The van der Waals surface area contributed by atoms with Crippen molar-refractivity contribution in [2.24, 2.45) is 0 Å². The van der Waals surface area contributed by atoms with Gasteiger partial charge in [-0.2, -0.15) is 0 Å². The average Bonchev–Trinajstić information content (AvgIpc) is 3.46. The molecule has 0 rings (SSSR count). The summed E-state index contributed by atoms with van der Waals surface area (Å²) < 4.78 is 17.0. The van der Waals surface area contributed by atoms with Crippen LogP contribution in [0.3, 0.4) is 0 Å². The van der Waals surface area contributed by atoms with Crippen molar-refractivity contribution < 1.29 is 28.6 Å². The van der Waals surface area contributed by atoms with Crippen molar-refractivity contribution in [3.05, 3.63) is 24.3 Å². The van der Waals surface area contributed by atoms with E-state index >= 15 is 0 Å². The molecule has 0 bridgehead atoms. The van der Waals surface area contributed by atoms with Crippen molar-refractivity contribution in [1.29, 1.82) is 0 Å². The zero-order valence-electron chi connectivity index (χ0n) is 55.1. The predicted octanol–water partition coefficient (Wildman–Crippen LogP) is 25.3. The van der Waals surface area contributed by atoms with E-state index in [4.69, 9.17) is 14.2 Å². The number of hydrogen-bond acceptors (Lipinski definition) is 6. The lowest BCUT2D eigenvalue weighted by atomic mass is 10.0. The maximum atomic E-state index is 13.0. The van der Waals surface area contributed by atoms with Crippen molar-refractivity contribution in [2.45, 2.75) is 425 Å². The molecule has 6 heteroatoms. The molecule has 478 valence electrons. The Balaban J connectivity index is 4.17. The zero-order valence-corrected chi connectivity index (χ0v) is 55.1. The van der Waals surface area contributed by atoms with Crippen molar-refractivity contribution in [3.8, 4) is 0 Å². The maximum Gasteiger partial charge on any atom is 0.306 e. The first-order valence-corrected chi connectivity index (χ1v) is 36.8. The van der Waals surface area contributed by atoms with E-state index in [2.05, 4.69) is 45.1 Å². The molecule has 0 aromatic rings. The molecule has 0 spiro atoms. The Morgan fingerprint density at radius 3 is 0.679 bits per heavy atom. The van der Waals surface area contributed by atoms with Crippen LogP contribution in [-0.4, -0.2) is 37.2 Å². The molecule has 1 atom stereocenters. The van der Waals surface area contributed by atoms with E-state index < -0.39 is 6.10 Å². The second-order valence-electron chi connectivity index (χ2n) is 25.2. The second-order valence-corrected chi connectivity index (χ2v) is 25.2. The molecule has 0 aromatic carbocycles. The van der Waals surface area contributed by atoms with Crippen molar-refractivity contribution in [2.75, 3.05) is 13.2 Å². The van der Waals surface area contributed by atoms with Gasteiger partial charge in [-0.05, 0) is 51.4 Å². The average molecular weight is 1140 g/mol. The summed E-state index contributed by atoms with van der Waals surface area (Å²) in [6.07, 6.45) is 86.5. The van der Waals surface area contributed by atoms with Crippen LogP contribution in [0.5, 0.6) is 0 Å². The van der Waals surface area contributed by atoms with Crippen LogP contribution in [0.4, 0.5) is 0 Å². The molecule has 81 heavy (non-hydrogen) atoms. The minimum absolute atomic E-state index is 0.0664. The Bertz CT molecular complexity index is 1310. The van der Waals surface area contributed by atoms with Gasteiger partial charge in [0, 0.05) is 19.3 Å². The fourth-order valence-corrected chi connectivity index (χ4v) is 11.4. The summed E-state index contributed by atoms with van der Waals surface area (Å²) in [4.78, 5) is 38.4. The highest BCUT2D eigenvalue weighted by Gasteiger charge is 2.20. The van der Waals surface area contributed by atoms with Crippen LogP contribution in [0.25, 0.3) is 0 Å². The molecule has 0 amide bonds. The van der Waals surface area contributed by atoms with Gasteiger partial charge in [-0.15, -0.1) is 0 Å². The van der Waals surface area contributed by atoms with Gasteiger partial charge in [0.25, 0.3) is 0 Å². The number of ether oxygens (including phenoxy) is 3. The number of allylic oxidation sites excluding steroid dienone is 4. The van der Waals surface area contributed by atoms with E-state index in [0.717, 1.165) is 64.2 Å². The van der Waals surface area contributed by atoms with Crippen LogP contribution >= 0.6 is 0 Å². The Kier molecular flexibility index (Phi) is 68.5. The summed E-state index contributed by atoms with van der Waals surface area (Å²) in [6.45, 7) is 6.71. The molecule has 0 radical (unpaired) electrons. The van der Waals surface area contributed by atoms with Gasteiger partial charge in [0.15, 0.2) is 6.10 Å². The van der Waals surface area contributed by atoms with E-state index in [1.807, 2.05) is 0 Å². The number of esters is 3. The predicted molar refractivity (Wildman–Crippen MR) is 353 cm³/mol. The third-order valence-corrected chi connectivity index (χ3v) is 17.0. The molecule has 0 aliphatic rings. The molecule has 0 aliphatic heterocycles. The monoisotopic (exact) mass is 1140 g/mol. The summed E-state index contributed by atoms with van der Waals surface area (Å²) >= 11 is 0.